The van der Waals surface area contributed by atoms with Crippen LogP contribution >= 0.6 is 11.3 Å². The summed E-state index contributed by atoms with van der Waals surface area (Å²) in [6.45, 7) is 2.94. The Morgan fingerprint density at radius 1 is 1.31 bits per heavy atom. The average molecular weight is 368 g/mol. The number of rotatable bonds is 3. The number of hydrogen-bond donors (Lipinski definition) is 2. The summed E-state index contributed by atoms with van der Waals surface area (Å²) in [7, 11) is 0. The van der Waals surface area contributed by atoms with Crippen molar-refractivity contribution in [2.45, 2.75) is 25.5 Å². The minimum absolute atomic E-state index is 0.0408. The van der Waals surface area contributed by atoms with Crippen LogP contribution in [0.4, 0.5) is 5.82 Å². The molecule has 134 valence electrons. The fraction of sp³-hybridized carbons (Fsp3) is 0.316. The minimum Gasteiger partial charge on any atom is -0.389 e. The van der Waals surface area contributed by atoms with Gasteiger partial charge in [-0.2, -0.15) is 0 Å². The lowest BCUT2D eigenvalue weighted by Crippen LogP contribution is -2.51. The Labute approximate surface area is 155 Å². The van der Waals surface area contributed by atoms with Crippen molar-refractivity contribution < 1.29 is 9.90 Å². The number of nitrogens with zero attached hydrogens (tertiary/aromatic N) is 3. The van der Waals surface area contributed by atoms with E-state index in [0.717, 1.165) is 16.0 Å². The lowest BCUT2D eigenvalue weighted by atomic mass is 10.0. The first kappa shape index (κ1) is 16.9. The van der Waals surface area contributed by atoms with Crippen LogP contribution in [0.5, 0.6) is 0 Å². The van der Waals surface area contributed by atoms with E-state index in [1.165, 1.54) is 4.88 Å². The van der Waals surface area contributed by atoms with Crippen LogP contribution in [-0.2, 0) is 0 Å². The Kier molecular flexibility index (Phi) is 4.57. The van der Waals surface area contributed by atoms with E-state index in [-0.39, 0.29) is 11.9 Å². The summed E-state index contributed by atoms with van der Waals surface area (Å²) in [4.78, 5) is 25.0. The van der Waals surface area contributed by atoms with E-state index in [1.807, 2.05) is 25.1 Å². The quantitative estimate of drug-likeness (QED) is 0.743. The molecule has 2 N–H and O–H groups in total. The molecule has 3 aromatic rings. The molecular formula is C19H20N4O2S. The van der Waals surface area contributed by atoms with Gasteiger partial charge in [0.25, 0.3) is 5.91 Å². The van der Waals surface area contributed by atoms with Gasteiger partial charge in [0.2, 0.25) is 0 Å². The molecule has 0 spiro atoms. The zero-order valence-electron chi connectivity index (χ0n) is 14.4. The van der Waals surface area contributed by atoms with Crippen molar-refractivity contribution in [2.24, 2.45) is 0 Å². The first-order valence-electron chi connectivity index (χ1n) is 8.62. The third-order valence-electron chi connectivity index (χ3n) is 4.66. The summed E-state index contributed by atoms with van der Waals surface area (Å²) >= 11 is 1.62. The topological polar surface area (TPSA) is 78.4 Å². The molecule has 0 unspecified atom stereocenters. The van der Waals surface area contributed by atoms with Crippen LogP contribution < -0.4 is 5.32 Å². The molecule has 3 heterocycles. The maximum atomic E-state index is 12.6. The van der Waals surface area contributed by atoms with Gasteiger partial charge in [-0.1, -0.05) is 18.2 Å². The molecule has 7 heteroatoms. The molecule has 0 saturated carbocycles. The SMILES string of the molecule is Cc1cc2c(N[C@@H]3CCN(C(=O)c4ccccc4)C[C@H]3O)ncnc2s1. The van der Waals surface area contributed by atoms with E-state index in [9.17, 15) is 9.90 Å². The van der Waals surface area contributed by atoms with Gasteiger partial charge in [0.1, 0.15) is 17.0 Å². The summed E-state index contributed by atoms with van der Waals surface area (Å²) < 4.78 is 0. The number of benzene rings is 1. The summed E-state index contributed by atoms with van der Waals surface area (Å²) in [5.41, 5.74) is 0.650. The molecule has 4 rings (SSSR count). The smallest absolute Gasteiger partial charge is 0.253 e. The molecule has 1 aliphatic rings. The zero-order chi connectivity index (χ0) is 18.1. The Morgan fingerprint density at radius 2 is 2.12 bits per heavy atom. The number of carbonyl (C=O) groups is 1. The number of β-amino-alcohol motifs (C(OH)–C–C–N with tert-alkyl or cyclic N) is 1. The second kappa shape index (κ2) is 7.01. The molecule has 1 aliphatic heterocycles. The Balaban J connectivity index is 1.46. The summed E-state index contributed by atoms with van der Waals surface area (Å²) in [6, 6.07) is 11.1. The summed E-state index contributed by atoms with van der Waals surface area (Å²) in [6.07, 6.45) is 1.55. The summed E-state index contributed by atoms with van der Waals surface area (Å²) in [5.74, 6) is 0.701. The Morgan fingerprint density at radius 3 is 2.88 bits per heavy atom. The minimum atomic E-state index is -0.652. The van der Waals surface area contributed by atoms with Crippen LogP contribution in [-0.4, -0.2) is 51.1 Å². The van der Waals surface area contributed by atoms with Gasteiger partial charge in [-0.25, -0.2) is 9.97 Å². The number of aliphatic hydroxyl groups is 1. The van der Waals surface area contributed by atoms with Crippen molar-refractivity contribution in [3.63, 3.8) is 0 Å². The van der Waals surface area contributed by atoms with Gasteiger partial charge in [0.05, 0.1) is 17.5 Å². The molecule has 26 heavy (non-hydrogen) atoms. The second-order valence-corrected chi connectivity index (χ2v) is 7.76. The maximum Gasteiger partial charge on any atom is 0.253 e. The third-order valence-corrected chi connectivity index (χ3v) is 5.62. The van der Waals surface area contributed by atoms with Gasteiger partial charge in [-0.05, 0) is 31.5 Å². The highest BCUT2D eigenvalue weighted by Gasteiger charge is 2.31. The number of likely N-dealkylation sites (tertiary alicyclic amines) is 1. The number of carbonyl (C=O) groups excluding carboxylic acids is 1. The van der Waals surface area contributed by atoms with Crippen LogP contribution in [0.3, 0.4) is 0 Å². The number of hydrogen-bond acceptors (Lipinski definition) is 6. The molecule has 0 aliphatic carbocycles. The molecule has 6 nitrogen and oxygen atoms in total. The third kappa shape index (κ3) is 3.27. The lowest BCUT2D eigenvalue weighted by molar-refractivity contribution is 0.0426. The first-order chi connectivity index (χ1) is 12.6. The number of aliphatic hydroxyl groups excluding tert-OH is 1. The highest BCUT2D eigenvalue weighted by Crippen LogP contribution is 2.29. The molecule has 2 aromatic heterocycles. The summed E-state index contributed by atoms with van der Waals surface area (Å²) in [5, 5.41) is 14.9. The van der Waals surface area contributed by atoms with Crippen LogP contribution in [0.25, 0.3) is 10.2 Å². The fourth-order valence-corrected chi connectivity index (χ4v) is 4.16. The number of thiophene rings is 1. The number of nitrogens with one attached hydrogen (secondary N) is 1. The number of piperidine rings is 1. The van der Waals surface area contributed by atoms with E-state index in [1.54, 1.807) is 34.7 Å². The molecule has 1 fully saturated rings. The number of aromatic nitrogens is 2. The van der Waals surface area contributed by atoms with E-state index >= 15 is 0 Å². The molecule has 1 saturated heterocycles. The van der Waals surface area contributed by atoms with Crippen LogP contribution in [0.1, 0.15) is 21.7 Å². The van der Waals surface area contributed by atoms with Gasteiger partial charge in [-0.15, -0.1) is 11.3 Å². The highest BCUT2D eigenvalue weighted by molar-refractivity contribution is 7.18. The van der Waals surface area contributed by atoms with Crippen molar-refractivity contribution in [3.8, 4) is 0 Å². The Hall–Kier alpha value is -2.51. The average Bonchev–Trinajstić information content (AvgIpc) is 3.04. The van der Waals surface area contributed by atoms with Crippen LogP contribution in [0.15, 0.2) is 42.7 Å². The molecule has 0 radical (unpaired) electrons. The van der Waals surface area contributed by atoms with E-state index in [0.29, 0.717) is 25.1 Å². The Bertz CT molecular complexity index is 928. The monoisotopic (exact) mass is 368 g/mol. The van der Waals surface area contributed by atoms with E-state index in [4.69, 9.17) is 0 Å². The fourth-order valence-electron chi connectivity index (χ4n) is 3.31. The zero-order valence-corrected chi connectivity index (χ0v) is 15.2. The lowest BCUT2D eigenvalue weighted by Gasteiger charge is -2.36. The maximum absolute atomic E-state index is 12.6. The molecule has 2 atom stereocenters. The number of anilines is 1. The van der Waals surface area contributed by atoms with Crippen molar-refractivity contribution in [2.75, 3.05) is 18.4 Å². The van der Waals surface area contributed by atoms with E-state index < -0.39 is 6.10 Å². The first-order valence-corrected chi connectivity index (χ1v) is 9.43. The number of aryl methyl sites for hydroxylation is 1. The second-order valence-electron chi connectivity index (χ2n) is 6.52. The van der Waals surface area contributed by atoms with Crippen molar-refractivity contribution >= 4 is 33.3 Å². The van der Waals surface area contributed by atoms with E-state index in [2.05, 4.69) is 21.4 Å². The van der Waals surface area contributed by atoms with Gasteiger partial charge in [0, 0.05) is 23.5 Å². The van der Waals surface area contributed by atoms with Crippen LogP contribution in [0.2, 0.25) is 0 Å². The van der Waals surface area contributed by atoms with Gasteiger partial charge in [0.15, 0.2) is 0 Å². The normalized spacial score (nSPS) is 20.3. The molecule has 1 aromatic carbocycles. The predicted octanol–water partition coefficient (Wildman–Crippen LogP) is 2.69. The number of fused-ring (bicyclic) bond motifs is 1. The van der Waals surface area contributed by atoms with Crippen LogP contribution in [0, 0.1) is 6.92 Å². The van der Waals surface area contributed by atoms with Crippen molar-refractivity contribution in [1.82, 2.24) is 14.9 Å². The van der Waals surface area contributed by atoms with Gasteiger partial charge in [-0.3, -0.25) is 4.79 Å². The molecule has 0 bridgehead atoms. The van der Waals surface area contributed by atoms with Crippen molar-refractivity contribution in [3.05, 3.63) is 53.2 Å². The molecule has 1 amide bonds. The number of amides is 1. The predicted molar refractivity (Wildman–Crippen MR) is 103 cm³/mol. The van der Waals surface area contributed by atoms with Crippen molar-refractivity contribution in [1.29, 1.82) is 0 Å². The van der Waals surface area contributed by atoms with Gasteiger partial charge < -0.3 is 15.3 Å². The highest BCUT2D eigenvalue weighted by atomic mass is 32.1. The molecular weight excluding hydrogens is 348 g/mol. The standard InChI is InChI=1S/C19H20N4O2S/c1-12-9-14-17(20-11-21-18(14)26-12)22-15-7-8-23(10-16(15)24)19(25)13-5-3-2-4-6-13/h2-6,9,11,15-16,24H,7-8,10H2,1H3,(H,20,21,22)/t15-,16-/m1/s1. The van der Waals surface area contributed by atoms with Gasteiger partial charge >= 0.3 is 0 Å². The largest absolute Gasteiger partial charge is 0.389 e.